The third-order valence-electron chi connectivity index (χ3n) is 3.05. The van der Waals surface area contributed by atoms with E-state index in [2.05, 4.69) is 4.98 Å². The first kappa shape index (κ1) is 11.9. The summed E-state index contributed by atoms with van der Waals surface area (Å²) in [5.74, 6) is 0.122. The molecule has 0 spiro atoms. The molecule has 0 radical (unpaired) electrons. The van der Waals surface area contributed by atoms with Gasteiger partial charge in [-0.1, -0.05) is 6.07 Å². The van der Waals surface area contributed by atoms with Crippen molar-refractivity contribution >= 4 is 33.6 Å². The van der Waals surface area contributed by atoms with Crippen molar-refractivity contribution in [1.29, 1.82) is 0 Å². The maximum Gasteiger partial charge on any atom is 0.268 e. The van der Waals surface area contributed by atoms with Crippen LogP contribution in [0.5, 0.6) is 0 Å². The van der Waals surface area contributed by atoms with Gasteiger partial charge in [0, 0.05) is 6.54 Å². The topological polar surface area (TPSA) is 33.2 Å². The molecule has 0 saturated carbocycles. The van der Waals surface area contributed by atoms with Gasteiger partial charge in [0.2, 0.25) is 0 Å². The zero-order chi connectivity index (χ0) is 12.5. The van der Waals surface area contributed by atoms with E-state index in [9.17, 15) is 4.79 Å². The Morgan fingerprint density at radius 1 is 1.44 bits per heavy atom. The summed E-state index contributed by atoms with van der Waals surface area (Å²) in [6.07, 6.45) is 3.16. The normalized spacial score (nSPS) is 15.3. The minimum absolute atomic E-state index is 0.122. The van der Waals surface area contributed by atoms with Crippen LogP contribution in [-0.4, -0.2) is 17.4 Å². The number of rotatable bonds is 1. The highest BCUT2D eigenvalue weighted by molar-refractivity contribution is 7.16. The van der Waals surface area contributed by atoms with Crippen LogP contribution >= 0.6 is 22.7 Å². The van der Waals surface area contributed by atoms with E-state index in [1.165, 1.54) is 11.3 Å². The Kier molecular flexibility index (Phi) is 3.18. The summed E-state index contributed by atoms with van der Waals surface area (Å²) in [7, 11) is 0. The van der Waals surface area contributed by atoms with Crippen molar-refractivity contribution in [2.75, 3.05) is 11.4 Å². The van der Waals surface area contributed by atoms with Gasteiger partial charge in [0.25, 0.3) is 5.91 Å². The van der Waals surface area contributed by atoms with Crippen LogP contribution < -0.4 is 4.90 Å². The second-order valence-electron chi connectivity index (χ2n) is 4.38. The zero-order valence-electron chi connectivity index (χ0n) is 10.2. The van der Waals surface area contributed by atoms with Crippen LogP contribution in [0.4, 0.5) is 5.00 Å². The quantitative estimate of drug-likeness (QED) is 0.800. The number of aryl methyl sites for hydroxylation is 2. The highest BCUT2D eigenvalue weighted by atomic mass is 32.1. The molecule has 0 atom stereocenters. The smallest absolute Gasteiger partial charge is 0.268 e. The van der Waals surface area contributed by atoms with Crippen LogP contribution in [0.2, 0.25) is 0 Å². The third kappa shape index (κ3) is 2.08. The van der Waals surface area contributed by atoms with Crippen LogP contribution in [0.15, 0.2) is 17.5 Å². The molecule has 0 saturated heterocycles. The number of carbonyl (C=O) groups is 1. The molecule has 0 unspecified atom stereocenters. The summed E-state index contributed by atoms with van der Waals surface area (Å²) >= 11 is 3.14. The van der Waals surface area contributed by atoms with E-state index in [0.29, 0.717) is 0 Å². The predicted octanol–water partition coefficient (Wildman–Crippen LogP) is 3.50. The lowest BCUT2D eigenvalue weighted by atomic mass is 10.2. The summed E-state index contributed by atoms with van der Waals surface area (Å²) in [6, 6.07) is 3.82. The van der Waals surface area contributed by atoms with Gasteiger partial charge in [-0.2, -0.15) is 0 Å². The van der Waals surface area contributed by atoms with Gasteiger partial charge in [-0.25, -0.2) is 4.98 Å². The second-order valence-corrected chi connectivity index (χ2v) is 6.51. The third-order valence-corrected chi connectivity index (χ3v) is 4.95. The molecule has 3 nitrogen and oxygen atoms in total. The lowest BCUT2D eigenvalue weighted by Crippen LogP contribution is -2.30. The Morgan fingerprint density at radius 3 is 3.11 bits per heavy atom. The maximum atomic E-state index is 12.5. The largest absolute Gasteiger partial charge is 0.297 e. The number of nitrogens with zero attached hydrogens (tertiary/aromatic N) is 2. The Bertz CT molecular complexity index is 560. The zero-order valence-corrected chi connectivity index (χ0v) is 11.8. The fraction of sp³-hybridized carbons (Fsp3) is 0.385. The van der Waals surface area contributed by atoms with Crippen molar-refractivity contribution < 1.29 is 4.79 Å². The van der Waals surface area contributed by atoms with Crippen LogP contribution in [0.1, 0.15) is 33.2 Å². The first-order chi connectivity index (χ1) is 8.75. The molecule has 0 fully saturated rings. The molecule has 0 aliphatic carbocycles. The average Bonchev–Trinajstić information content (AvgIpc) is 2.95. The Morgan fingerprint density at radius 2 is 2.33 bits per heavy atom. The van der Waals surface area contributed by atoms with Gasteiger partial charge >= 0.3 is 0 Å². The van der Waals surface area contributed by atoms with Crippen molar-refractivity contribution in [3.8, 4) is 0 Å². The number of thiazole rings is 1. The Balaban J connectivity index is 1.98. The fourth-order valence-corrected chi connectivity index (χ4v) is 3.88. The number of hydrogen-bond donors (Lipinski definition) is 0. The molecule has 1 aliphatic rings. The molecule has 1 aliphatic heterocycles. The maximum absolute atomic E-state index is 12.5. The number of carbonyl (C=O) groups excluding carboxylic acids is 1. The molecule has 18 heavy (non-hydrogen) atoms. The molecule has 2 aromatic heterocycles. The number of fused-ring (bicyclic) bond motifs is 1. The minimum atomic E-state index is 0.122. The van der Waals surface area contributed by atoms with Crippen molar-refractivity contribution in [3.63, 3.8) is 0 Å². The van der Waals surface area contributed by atoms with Crippen LogP contribution in [0, 0.1) is 6.92 Å². The van der Waals surface area contributed by atoms with E-state index in [1.54, 1.807) is 11.3 Å². The standard InChI is InChI=1S/C13H14N2OS2/c1-9-14-10-5-2-3-7-15(13(10)18-9)12(16)11-6-4-8-17-11/h4,6,8H,2-3,5,7H2,1H3. The summed E-state index contributed by atoms with van der Waals surface area (Å²) < 4.78 is 0. The van der Waals surface area contributed by atoms with Gasteiger partial charge in [-0.05, 0) is 37.6 Å². The first-order valence-corrected chi connectivity index (χ1v) is 7.77. The van der Waals surface area contributed by atoms with Gasteiger partial charge in [-0.15, -0.1) is 22.7 Å². The molecule has 0 aromatic carbocycles. The predicted molar refractivity (Wildman–Crippen MR) is 75.8 cm³/mol. The van der Waals surface area contributed by atoms with Crippen molar-refractivity contribution in [1.82, 2.24) is 4.98 Å². The van der Waals surface area contributed by atoms with E-state index in [4.69, 9.17) is 0 Å². The van der Waals surface area contributed by atoms with Crippen molar-refractivity contribution in [3.05, 3.63) is 33.1 Å². The lowest BCUT2D eigenvalue weighted by Gasteiger charge is -2.18. The molecule has 5 heteroatoms. The average molecular weight is 278 g/mol. The summed E-state index contributed by atoms with van der Waals surface area (Å²) in [4.78, 5) is 19.8. The van der Waals surface area contributed by atoms with Crippen LogP contribution in [-0.2, 0) is 6.42 Å². The van der Waals surface area contributed by atoms with E-state index >= 15 is 0 Å². The number of thiophene rings is 1. The molecular formula is C13H14N2OS2. The van der Waals surface area contributed by atoms with E-state index in [-0.39, 0.29) is 5.91 Å². The van der Waals surface area contributed by atoms with Gasteiger partial charge in [-0.3, -0.25) is 9.69 Å². The number of amides is 1. The van der Waals surface area contributed by atoms with Crippen molar-refractivity contribution in [2.45, 2.75) is 26.2 Å². The monoisotopic (exact) mass is 278 g/mol. The van der Waals surface area contributed by atoms with Crippen molar-refractivity contribution in [2.24, 2.45) is 0 Å². The Hall–Kier alpha value is -1.20. The van der Waals surface area contributed by atoms with Crippen LogP contribution in [0.3, 0.4) is 0 Å². The molecule has 0 bridgehead atoms. The highest BCUT2D eigenvalue weighted by Crippen LogP contribution is 2.33. The fourth-order valence-electron chi connectivity index (χ4n) is 2.22. The minimum Gasteiger partial charge on any atom is -0.297 e. The van der Waals surface area contributed by atoms with Gasteiger partial charge in [0.15, 0.2) is 0 Å². The first-order valence-electron chi connectivity index (χ1n) is 6.07. The van der Waals surface area contributed by atoms with E-state index in [0.717, 1.165) is 46.4 Å². The highest BCUT2D eigenvalue weighted by Gasteiger charge is 2.25. The molecule has 94 valence electrons. The second kappa shape index (κ2) is 4.82. The number of anilines is 1. The number of hydrogen-bond acceptors (Lipinski definition) is 4. The van der Waals surface area contributed by atoms with Gasteiger partial charge in [0.05, 0.1) is 15.6 Å². The SMILES string of the molecule is Cc1nc2c(s1)N(C(=O)c1cccs1)CCCC2. The van der Waals surface area contributed by atoms with Gasteiger partial charge in [0.1, 0.15) is 5.00 Å². The molecule has 1 amide bonds. The molecule has 3 rings (SSSR count). The Labute approximate surface area is 114 Å². The molecule has 3 heterocycles. The summed E-state index contributed by atoms with van der Waals surface area (Å²) in [6.45, 7) is 2.82. The molecule has 2 aromatic rings. The van der Waals surface area contributed by atoms with Gasteiger partial charge < -0.3 is 0 Å². The molecular weight excluding hydrogens is 264 g/mol. The van der Waals surface area contributed by atoms with Crippen LogP contribution in [0.25, 0.3) is 0 Å². The number of aromatic nitrogens is 1. The van der Waals surface area contributed by atoms with E-state index in [1.807, 2.05) is 29.3 Å². The summed E-state index contributed by atoms with van der Waals surface area (Å²) in [5.41, 5.74) is 1.10. The summed E-state index contributed by atoms with van der Waals surface area (Å²) in [5, 5.41) is 4.05. The lowest BCUT2D eigenvalue weighted by molar-refractivity contribution is 0.0991. The van der Waals surface area contributed by atoms with E-state index < -0.39 is 0 Å². The molecule has 0 N–H and O–H groups in total.